The molecule has 1 heterocycles. The lowest BCUT2D eigenvalue weighted by Crippen LogP contribution is -2.33. The van der Waals surface area contributed by atoms with Crippen LogP contribution in [0.15, 0.2) is 0 Å². The van der Waals surface area contributed by atoms with Gasteiger partial charge in [0.05, 0.1) is 12.0 Å². The Kier molecular flexibility index (Phi) is 1.63. The molecule has 2 fully saturated rings. The van der Waals surface area contributed by atoms with Gasteiger partial charge < -0.3 is 4.74 Å². The minimum Gasteiger partial charge on any atom is -0.462 e. The highest BCUT2D eigenvalue weighted by Crippen LogP contribution is 2.39. The van der Waals surface area contributed by atoms with Crippen LogP contribution in [0.25, 0.3) is 0 Å². The maximum Gasteiger partial charge on any atom is 0.309 e. The van der Waals surface area contributed by atoms with E-state index in [0.29, 0.717) is 5.92 Å². The van der Waals surface area contributed by atoms with Crippen LogP contribution in [0.1, 0.15) is 32.6 Å². The van der Waals surface area contributed by atoms with E-state index in [9.17, 15) is 4.79 Å². The Morgan fingerprint density at radius 1 is 1.45 bits per heavy atom. The number of ether oxygens (including phenoxy) is 1. The predicted molar refractivity (Wildman–Crippen MR) is 41.0 cm³/mol. The van der Waals surface area contributed by atoms with Crippen molar-refractivity contribution in [3.8, 4) is 0 Å². The first-order valence-corrected chi connectivity index (χ1v) is 4.48. The normalized spacial score (nSPS) is 43.4. The van der Waals surface area contributed by atoms with Gasteiger partial charge in [-0.15, -0.1) is 0 Å². The van der Waals surface area contributed by atoms with Crippen molar-refractivity contribution >= 4 is 5.97 Å². The van der Waals surface area contributed by atoms with Crippen LogP contribution in [-0.2, 0) is 9.53 Å². The van der Waals surface area contributed by atoms with Crippen molar-refractivity contribution in [3.05, 3.63) is 0 Å². The van der Waals surface area contributed by atoms with Crippen LogP contribution >= 0.6 is 0 Å². The molecule has 11 heavy (non-hydrogen) atoms. The summed E-state index contributed by atoms with van der Waals surface area (Å²) in [7, 11) is 0. The molecule has 0 radical (unpaired) electrons. The van der Waals surface area contributed by atoms with Gasteiger partial charge in [-0.3, -0.25) is 4.79 Å². The van der Waals surface area contributed by atoms with Gasteiger partial charge in [0, 0.05) is 0 Å². The maximum atomic E-state index is 11.3. The summed E-state index contributed by atoms with van der Waals surface area (Å²) in [5.74, 6) is 0.962. The van der Waals surface area contributed by atoms with E-state index in [2.05, 4.69) is 0 Å². The van der Waals surface area contributed by atoms with Gasteiger partial charge in [0.15, 0.2) is 0 Å². The number of carbonyl (C=O) groups excluding carboxylic acids is 1. The fraction of sp³-hybridized carbons (Fsp3) is 0.889. The first kappa shape index (κ1) is 7.14. The highest BCUT2D eigenvalue weighted by molar-refractivity contribution is 5.74. The largest absolute Gasteiger partial charge is 0.462 e. The van der Waals surface area contributed by atoms with Crippen LogP contribution in [0.3, 0.4) is 0 Å². The molecule has 0 aromatic heterocycles. The van der Waals surface area contributed by atoms with E-state index in [1.54, 1.807) is 0 Å². The van der Waals surface area contributed by atoms with Crippen LogP contribution < -0.4 is 0 Å². The van der Waals surface area contributed by atoms with Gasteiger partial charge in [0.1, 0.15) is 0 Å². The van der Waals surface area contributed by atoms with Gasteiger partial charge in [-0.05, 0) is 32.1 Å². The van der Waals surface area contributed by atoms with E-state index < -0.39 is 0 Å². The minimum absolute atomic E-state index is 0.0613. The van der Waals surface area contributed by atoms with Gasteiger partial charge in [0.25, 0.3) is 0 Å². The average molecular weight is 154 g/mol. The minimum atomic E-state index is 0.0613. The summed E-state index contributed by atoms with van der Waals surface area (Å²) < 4.78 is 5.16. The van der Waals surface area contributed by atoms with Crippen molar-refractivity contribution in [2.75, 3.05) is 0 Å². The zero-order chi connectivity index (χ0) is 7.84. The molecule has 3 atom stereocenters. The summed E-state index contributed by atoms with van der Waals surface area (Å²) in [5, 5.41) is 0. The molecule has 0 N–H and O–H groups in total. The number of esters is 1. The van der Waals surface area contributed by atoms with Gasteiger partial charge in [0.2, 0.25) is 0 Å². The van der Waals surface area contributed by atoms with E-state index in [1.807, 2.05) is 6.92 Å². The van der Waals surface area contributed by atoms with Crippen LogP contribution in [0.4, 0.5) is 0 Å². The van der Waals surface area contributed by atoms with E-state index in [-0.39, 0.29) is 18.0 Å². The molecule has 2 nitrogen and oxygen atoms in total. The van der Waals surface area contributed by atoms with Crippen LogP contribution in [-0.4, -0.2) is 12.1 Å². The molecule has 0 amide bonds. The fourth-order valence-electron chi connectivity index (χ4n) is 2.39. The highest BCUT2D eigenvalue weighted by atomic mass is 16.5. The van der Waals surface area contributed by atoms with Gasteiger partial charge in [-0.2, -0.15) is 0 Å². The Morgan fingerprint density at radius 3 is 3.09 bits per heavy atom. The molecule has 0 bridgehead atoms. The van der Waals surface area contributed by atoms with E-state index >= 15 is 0 Å². The maximum absolute atomic E-state index is 11.3. The zero-order valence-corrected chi connectivity index (χ0v) is 6.88. The topological polar surface area (TPSA) is 26.3 Å². The molecule has 0 aromatic carbocycles. The van der Waals surface area contributed by atoms with Gasteiger partial charge in [-0.1, -0.05) is 6.42 Å². The van der Waals surface area contributed by atoms with E-state index in [4.69, 9.17) is 4.74 Å². The molecule has 1 saturated carbocycles. The molecule has 1 saturated heterocycles. The van der Waals surface area contributed by atoms with Gasteiger partial charge >= 0.3 is 5.97 Å². The number of fused-ring (bicyclic) bond motifs is 1. The SMILES string of the molecule is CC1CC2CCCC2C(=O)O1. The molecule has 3 unspecified atom stereocenters. The third-order valence-corrected chi connectivity index (χ3v) is 2.91. The van der Waals surface area contributed by atoms with Crippen LogP contribution in [0.2, 0.25) is 0 Å². The molecule has 0 aromatic rings. The van der Waals surface area contributed by atoms with Crippen molar-refractivity contribution in [3.63, 3.8) is 0 Å². The lowest BCUT2D eigenvalue weighted by molar-refractivity contribution is -0.161. The molecule has 1 aliphatic heterocycles. The monoisotopic (exact) mass is 154 g/mol. The van der Waals surface area contributed by atoms with Crippen molar-refractivity contribution in [1.29, 1.82) is 0 Å². The average Bonchev–Trinajstić information content (AvgIpc) is 2.34. The number of carbonyl (C=O) groups is 1. The first-order chi connectivity index (χ1) is 5.27. The Bertz CT molecular complexity index is 176. The summed E-state index contributed by atoms with van der Waals surface area (Å²) in [6.45, 7) is 1.99. The molecule has 0 spiro atoms. The smallest absolute Gasteiger partial charge is 0.309 e. The number of hydrogen-bond acceptors (Lipinski definition) is 2. The Labute approximate surface area is 66.9 Å². The van der Waals surface area contributed by atoms with Crippen molar-refractivity contribution in [2.45, 2.75) is 38.7 Å². The number of cyclic esters (lactones) is 1. The summed E-state index contributed by atoms with van der Waals surface area (Å²) in [5.41, 5.74) is 0. The third-order valence-electron chi connectivity index (χ3n) is 2.91. The first-order valence-electron chi connectivity index (χ1n) is 4.48. The second-order valence-electron chi connectivity index (χ2n) is 3.78. The second kappa shape index (κ2) is 2.50. The quantitative estimate of drug-likeness (QED) is 0.497. The predicted octanol–water partition coefficient (Wildman–Crippen LogP) is 1.74. The number of rotatable bonds is 0. The lowest BCUT2D eigenvalue weighted by Gasteiger charge is -2.28. The van der Waals surface area contributed by atoms with E-state index in [1.165, 1.54) is 12.8 Å². The standard InChI is InChI=1S/C9H14O2/c1-6-5-7-3-2-4-8(7)9(10)11-6/h6-8H,2-5H2,1H3. The summed E-state index contributed by atoms with van der Waals surface area (Å²) >= 11 is 0. The molecule has 2 heteroatoms. The molecule has 2 rings (SSSR count). The number of hydrogen-bond donors (Lipinski definition) is 0. The lowest BCUT2D eigenvalue weighted by atomic mass is 9.88. The third kappa shape index (κ3) is 1.15. The molecule has 2 aliphatic rings. The summed E-state index contributed by atoms with van der Waals surface area (Å²) in [6.07, 6.45) is 4.79. The van der Waals surface area contributed by atoms with Crippen molar-refractivity contribution in [2.24, 2.45) is 11.8 Å². The van der Waals surface area contributed by atoms with Crippen molar-refractivity contribution in [1.82, 2.24) is 0 Å². The summed E-state index contributed by atoms with van der Waals surface area (Å²) in [6, 6.07) is 0. The summed E-state index contributed by atoms with van der Waals surface area (Å²) in [4.78, 5) is 11.3. The van der Waals surface area contributed by atoms with Crippen LogP contribution in [0.5, 0.6) is 0 Å². The van der Waals surface area contributed by atoms with Crippen LogP contribution in [0, 0.1) is 11.8 Å². The Balaban J connectivity index is 2.10. The Hall–Kier alpha value is -0.530. The highest BCUT2D eigenvalue weighted by Gasteiger charge is 2.39. The molecule has 62 valence electrons. The fourth-order valence-corrected chi connectivity index (χ4v) is 2.39. The van der Waals surface area contributed by atoms with Crippen molar-refractivity contribution < 1.29 is 9.53 Å². The van der Waals surface area contributed by atoms with E-state index in [0.717, 1.165) is 12.8 Å². The Morgan fingerprint density at radius 2 is 2.27 bits per heavy atom. The van der Waals surface area contributed by atoms with Gasteiger partial charge in [-0.25, -0.2) is 0 Å². The molecule has 1 aliphatic carbocycles. The molecular formula is C9H14O2. The second-order valence-corrected chi connectivity index (χ2v) is 3.78. The zero-order valence-electron chi connectivity index (χ0n) is 6.88. The molecular weight excluding hydrogens is 140 g/mol.